The first-order valence-corrected chi connectivity index (χ1v) is 10.5. The number of benzene rings is 2. The van der Waals surface area contributed by atoms with E-state index in [1.807, 2.05) is 48.2 Å². The summed E-state index contributed by atoms with van der Waals surface area (Å²) in [5.41, 5.74) is 2.71. The van der Waals surface area contributed by atoms with Gasteiger partial charge in [0, 0.05) is 48.1 Å². The normalized spacial score (nSPS) is 17.0. The van der Waals surface area contributed by atoms with Gasteiger partial charge in [0.05, 0.1) is 10.5 Å². The number of aromatic nitrogens is 2. The van der Waals surface area contributed by atoms with Crippen LogP contribution in [0, 0.1) is 0 Å². The smallest absolute Gasteiger partial charge is 0.222 e. The molecule has 2 heterocycles. The molecule has 0 bridgehead atoms. The highest BCUT2D eigenvalue weighted by Crippen LogP contribution is 2.35. The van der Waals surface area contributed by atoms with Gasteiger partial charge in [0.25, 0.3) is 0 Å². The predicted molar refractivity (Wildman–Crippen MR) is 119 cm³/mol. The molecule has 1 amide bonds. The molecule has 150 valence electrons. The zero-order valence-corrected chi connectivity index (χ0v) is 17.9. The topological polar surface area (TPSA) is 49.3 Å². The molecule has 5 nitrogen and oxygen atoms in total. The van der Waals surface area contributed by atoms with Crippen LogP contribution in [0.25, 0.3) is 22.0 Å². The molecule has 1 fully saturated rings. The van der Waals surface area contributed by atoms with Crippen molar-refractivity contribution >= 4 is 45.8 Å². The number of hydrogen-bond donors (Lipinski definition) is 0. The van der Waals surface area contributed by atoms with Crippen LogP contribution in [0.15, 0.2) is 42.7 Å². The van der Waals surface area contributed by atoms with Crippen molar-refractivity contribution in [1.82, 2.24) is 14.9 Å². The summed E-state index contributed by atoms with van der Waals surface area (Å²) in [4.78, 5) is 25.3. The monoisotopic (exact) mass is 428 g/mol. The van der Waals surface area contributed by atoms with Crippen LogP contribution in [0.2, 0.25) is 10.0 Å². The van der Waals surface area contributed by atoms with E-state index in [2.05, 4.69) is 21.8 Å². The average molecular weight is 429 g/mol. The van der Waals surface area contributed by atoms with Crippen molar-refractivity contribution in [2.75, 3.05) is 24.5 Å². The van der Waals surface area contributed by atoms with Crippen LogP contribution >= 0.6 is 23.2 Å². The predicted octanol–water partition coefficient (Wildman–Crippen LogP) is 5.05. The minimum Gasteiger partial charge on any atom is -0.352 e. The van der Waals surface area contributed by atoms with Crippen LogP contribution in [0.4, 0.5) is 5.82 Å². The summed E-state index contributed by atoms with van der Waals surface area (Å²) in [6, 6.07) is 11.7. The summed E-state index contributed by atoms with van der Waals surface area (Å²) < 4.78 is 0. The third-order valence-corrected chi connectivity index (χ3v) is 5.97. The number of nitrogens with zero attached hydrogens (tertiary/aromatic N) is 4. The minimum atomic E-state index is 0.129. The van der Waals surface area contributed by atoms with Crippen LogP contribution in [-0.4, -0.2) is 46.5 Å². The van der Waals surface area contributed by atoms with E-state index in [1.165, 1.54) is 0 Å². The van der Waals surface area contributed by atoms with E-state index in [-0.39, 0.29) is 11.9 Å². The van der Waals surface area contributed by atoms with E-state index < -0.39 is 0 Å². The minimum absolute atomic E-state index is 0.129. The molecule has 3 aromatic rings. The van der Waals surface area contributed by atoms with Gasteiger partial charge in [-0.2, -0.15) is 0 Å². The quantitative estimate of drug-likeness (QED) is 0.585. The van der Waals surface area contributed by atoms with Crippen molar-refractivity contribution in [2.24, 2.45) is 0 Å². The van der Waals surface area contributed by atoms with Gasteiger partial charge < -0.3 is 9.80 Å². The third-order valence-electron chi connectivity index (χ3n) is 5.41. The number of halogens is 2. The fraction of sp³-hybridized carbons (Fsp3) is 0.318. The van der Waals surface area contributed by atoms with Gasteiger partial charge in [-0.3, -0.25) is 4.79 Å². The second kappa shape index (κ2) is 8.17. The molecular weight excluding hydrogens is 407 g/mol. The van der Waals surface area contributed by atoms with Crippen LogP contribution in [0.1, 0.15) is 20.3 Å². The molecule has 0 saturated carbocycles. The highest BCUT2D eigenvalue weighted by Gasteiger charge is 2.28. The molecule has 1 saturated heterocycles. The van der Waals surface area contributed by atoms with Gasteiger partial charge in [-0.25, -0.2) is 9.97 Å². The summed E-state index contributed by atoms with van der Waals surface area (Å²) in [5, 5.41) is 2.27. The Hall–Kier alpha value is -2.37. The molecule has 0 spiro atoms. The first-order chi connectivity index (χ1) is 14.0. The highest BCUT2D eigenvalue weighted by atomic mass is 35.5. The van der Waals surface area contributed by atoms with Gasteiger partial charge >= 0.3 is 0 Å². The Bertz CT molecular complexity index is 1050. The number of carbonyl (C=O) groups is 1. The summed E-state index contributed by atoms with van der Waals surface area (Å²) >= 11 is 12.6. The molecule has 1 aromatic heterocycles. The van der Waals surface area contributed by atoms with Gasteiger partial charge in [0.15, 0.2) is 0 Å². The lowest BCUT2D eigenvalue weighted by Gasteiger charge is -2.40. The van der Waals surface area contributed by atoms with Gasteiger partial charge in [-0.05, 0) is 36.8 Å². The van der Waals surface area contributed by atoms with Crippen LogP contribution < -0.4 is 4.90 Å². The number of piperazine rings is 1. The Balaban J connectivity index is 1.73. The lowest BCUT2D eigenvalue weighted by Crippen LogP contribution is -2.54. The van der Waals surface area contributed by atoms with E-state index >= 15 is 0 Å². The summed E-state index contributed by atoms with van der Waals surface area (Å²) in [6.45, 7) is 6.15. The van der Waals surface area contributed by atoms with Crippen molar-refractivity contribution in [3.05, 3.63) is 52.8 Å². The Labute approximate surface area is 180 Å². The zero-order chi connectivity index (χ0) is 20.5. The molecule has 2 aromatic carbocycles. The maximum atomic E-state index is 12.2. The Morgan fingerprint density at radius 2 is 1.90 bits per heavy atom. The van der Waals surface area contributed by atoms with Gasteiger partial charge in [0.2, 0.25) is 5.91 Å². The summed E-state index contributed by atoms with van der Waals surface area (Å²) in [6.07, 6.45) is 2.11. The molecule has 0 radical (unpaired) electrons. The summed E-state index contributed by atoms with van der Waals surface area (Å²) in [7, 11) is 0. The molecule has 7 heteroatoms. The van der Waals surface area contributed by atoms with Crippen LogP contribution in [0.5, 0.6) is 0 Å². The maximum Gasteiger partial charge on any atom is 0.222 e. The standard InChI is InChI=1S/C22H22Cl2N4O/c1-3-21(29)28-9-8-27(12-14(28)2)22-18-10-17(15-4-6-16(23)7-5-15)19(24)11-20(18)25-13-26-22/h4-7,10-11,13-14H,3,8-9,12H2,1-2H3/t14-/m1/s1. The number of rotatable bonds is 3. The van der Waals surface area contributed by atoms with Crippen LogP contribution in [-0.2, 0) is 4.79 Å². The molecule has 0 aliphatic carbocycles. The number of fused-ring (bicyclic) bond motifs is 1. The molecule has 29 heavy (non-hydrogen) atoms. The summed E-state index contributed by atoms with van der Waals surface area (Å²) in [5.74, 6) is 1.07. The number of carbonyl (C=O) groups excluding carboxylic acids is 1. The Kier molecular flexibility index (Phi) is 5.61. The molecule has 1 aliphatic rings. The fourth-order valence-electron chi connectivity index (χ4n) is 3.89. The SMILES string of the molecule is CCC(=O)N1CCN(c2ncnc3cc(Cl)c(-c4ccc(Cl)cc4)cc23)C[C@H]1C. The van der Waals surface area contributed by atoms with Gasteiger partial charge in [0.1, 0.15) is 12.1 Å². The van der Waals surface area contributed by atoms with Crippen molar-refractivity contribution < 1.29 is 4.79 Å². The second-order valence-corrected chi connectivity index (χ2v) is 8.13. The van der Waals surface area contributed by atoms with Crippen molar-refractivity contribution in [2.45, 2.75) is 26.3 Å². The Morgan fingerprint density at radius 3 is 2.59 bits per heavy atom. The van der Waals surface area contributed by atoms with Crippen LogP contribution in [0.3, 0.4) is 0 Å². The second-order valence-electron chi connectivity index (χ2n) is 7.29. The molecule has 4 rings (SSSR count). The van der Waals surface area contributed by atoms with Gasteiger partial charge in [-0.1, -0.05) is 42.3 Å². The van der Waals surface area contributed by atoms with E-state index in [1.54, 1.807) is 6.33 Å². The van der Waals surface area contributed by atoms with Crippen molar-refractivity contribution in [3.63, 3.8) is 0 Å². The molecule has 1 aliphatic heterocycles. The lowest BCUT2D eigenvalue weighted by molar-refractivity contribution is -0.133. The average Bonchev–Trinajstić information content (AvgIpc) is 2.73. The molecule has 1 atom stereocenters. The number of amides is 1. The van der Waals surface area contributed by atoms with Gasteiger partial charge in [-0.15, -0.1) is 0 Å². The number of hydrogen-bond acceptors (Lipinski definition) is 4. The maximum absolute atomic E-state index is 12.2. The largest absolute Gasteiger partial charge is 0.352 e. The third kappa shape index (κ3) is 3.89. The van der Waals surface area contributed by atoms with E-state index in [9.17, 15) is 4.79 Å². The van der Waals surface area contributed by atoms with Crippen molar-refractivity contribution in [1.29, 1.82) is 0 Å². The van der Waals surface area contributed by atoms with E-state index in [0.29, 0.717) is 23.0 Å². The molecular formula is C22H22Cl2N4O. The van der Waals surface area contributed by atoms with Crippen molar-refractivity contribution in [3.8, 4) is 11.1 Å². The lowest BCUT2D eigenvalue weighted by atomic mass is 10.0. The van der Waals surface area contributed by atoms with E-state index in [0.717, 1.165) is 40.9 Å². The molecule has 0 N–H and O–H groups in total. The van der Waals surface area contributed by atoms with E-state index in [4.69, 9.17) is 23.2 Å². The Morgan fingerprint density at radius 1 is 1.14 bits per heavy atom. The number of anilines is 1. The fourth-order valence-corrected chi connectivity index (χ4v) is 4.28. The first kappa shape index (κ1) is 19.9. The molecule has 0 unspecified atom stereocenters. The highest BCUT2D eigenvalue weighted by molar-refractivity contribution is 6.34. The zero-order valence-electron chi connectivity index (χ0n) is 16.4. The first-order valence-electron chi connectivity index (χ1n) is 9.72.